The first-order valence-corrected chi connectivity index (χ1v) is 8.27. The van der Waals surface area contributed by atoms with Crippen molar-refractivity contribution >= 4 is 33.4 Å². The highest BCUT2D eigenvalue weighted by Crippen LogP contribution is 2.24. The lowest BCUT2D eigenvalue weighted by Gasteiger charge is -2.20. The van der Waals surface area contributed by atoms with Gasteiger partial charge in [0.15, 0.2) is 0 Å². The number of thiazole rings is 1. The van der Waals surface area contributed by atoms with Crippen LogP contribution in [0.3, 0.4) is 0 Å². The zero-order valence-corrected chi connectivity index (χ0v) is 13.6. The predicted molar refractivity (Wildman–Crippen MR) is 86.5 cm³/mol. The van der Waals surface area contributed by atoms with Gasteiger partial charge in [-0.2, -0.15) is 0 Å². The van der Waals surface area contributed by atoms with Crippen molar-refractivity contribution in [3.63, 3.8) is 0 Å². The maximum Gasteiger partial charge on any atom is 0.228 e. The Morgan fingerprint density at radius 3 is 2.91 bits per heavy atom. The van der Waals surface area contributed by atoms with Gasteiger partial charge in [0.2, 0.25) is 11.8 Å². The molecule has 1 fully saturated rings. The Morgan fingerprint density at radius 2 is 2.23 bits per heavy atom. The first kappa shape index (κ1) is 15.0. The Balaban J connectivity index is 1.67. The van der Waals surface area contributed by atoms with Gasteiger partial charge in [0, 0.05) is 26.6 Å². The molecule has 1 saturated heterocycles. The van der Waals surface area contributed by atoms with E-state index in [1.807, 2.05) is 31.2 Å². The van der Waals surface area contributed by atoms with E-state index >= 15 is 0 Å². The van der Waals surface area contributed by atoms with E-state index < -0.39 is 0 Å². The van der Waals surface area contributed by atoms with Crippen molar-refractivity contribution in [3.05, 3.63) is 29.3 Å². The van der Waals surface area contributed by atoms with Crippen LogP contribution in [0.1, 0.15) is 18.4 Å². The molecule has 1 aliphatic rings. The maximum absolute atomic E-state index is 12.5. The van der Waals surface area contributed by atoms with Crippen LogP contribution in [-0.2, 0) is 16.1 Å². The fourth-order valence-corrected chi connectivity index (χ4v) is 3.84. The normalized spacial score (nSPS) is 18.2. The van der Waals surface area contributed by atoms with Gasteiger partial charge >= 0.3 is 0 Å². The molecule has 0 aliphatic carbocycles. The number of likely N-dealkylation sites (tertiary alicyclic amines) is 1. The van der Waals surface area contributed by atoms with Gasteiger partial charge in [-0.25, -0.2) is 4.98 Å². The molecular weight excluding hydrogens is 298 g/mol. The number of benzene rings is 1. The molecule has 1 aliphatic heterocycles. The minimum Gasteiger partial charge on any atom is -0.342 e. The summed E-state index contributed by atoms with van der Waals surface area (Å²) in [4.78, 5) is 32.2. The van der Waals surface area contributed by atoms with Gasteiger partial charge in [-0.1, -0.05) is 12.1 Å². The summed E-state index contributed by atoms with van der Waals surface area (Å²) in [5.74, 6) is -0.107. The minimum atomic E-state index is -0.216. The van der Waals surface area contributed by atoms with E-state index in [0.717, 1.165) is 15.2 Å². The van der Waals surface area contributed by atoms with E-state index in [9.17, 15) is 9.59 Å². The lowest BCUT2D eigenvalue weighted by atomic mass is 10.1. The number of amides is 2. The summed E-state index contributed by atoms with van der Waals surface area (Å²) in [7, 11) is 1.79. The molecule has 0 saturated carbocycles. The van der Waals surface area contributed by atoms with E-state index in [1.54, 1.807) is 28.2 Å². The average Bonchev–Trinajstić information content (AvgIpc) is 3.08. The van der Waals surface area contributed by atoms with Gasteiger partial charge in [0.05, 0.1) is 22.7 Å². The molecule has 2 heterocycles. The fraction of sp³-hybridized carbons (Fsp3) is 0.438. The number of carbonyl (C=O) groups excluding carboxylic acids is 2. The van der Waals surface area contributed by atoms with E-state index in [2.05, 4.69) is 4.98 Å². The van der Waals surface area contributed by atoms with Crippen molar-refractivity contribution in [2.24, 2.45) is 5.92 Å². The van der Waals surface area contributed by atoms with Crippen LogP contribution < -0.4 is 0 Å². The summed E-state index contributed by atoms with van der Waals surface area (Å²) in [5.41, 5.74) is 0.969. The Morgan fingerprint density at radius 1 is 1.45 bits per heavy atom. The van der Waals surface area contributed by atoms with Crippen LogP contribution in [0.15, 0.2) is 24.3 Å². The molecule has 3 rings (SSSR count). The zero-order chi connectivity index (χ0) is 15.7. The van der Waals surface area contributed by atoms with Crippen LogP contribution in [0.5, 0.6) is 0 Å². The number of rotatable bonds is 4. The standard InChI is InChI=1S/C16H19N3O2S/c1-3-19-9-11(8-15(19)20)16(21)18(2)10-14-17-12-6-4-5-7-13(12)22-14/h4-7,11H,3,8-10H2,1-2H3/t11-/m0/s1. The molecule has 0 radical (unpaired) electrons. The van der Waals surface area contributed by atoms with E-state index in [1.165, 1.54) is 0 Å². The van der Waals surface area contributed by atoms with E-state index in [0.29, 0.717) is 26.1 Å². The van der Waals surface area contributed by atoms with Crippen molar-refractivity contribution in [2.75, 3.05) is 20.1 Å². The summed E-state index contributed by atoms with van der Waals surface area (Å²) in [6.45, 7) is 3.65. The highest BCUT2D eigenvalue weighted by Gasteiger charge is 2.34. The van der Waals surface area contributed by atoms with Gasteiger partial charge in [-0.15, -0.1) is 11.3 Å². The SMILES string of the molecule is CCN1C[C@@H](C(=O)N(C)Cc2nc3ccccc3s2)CC1=O. The molecule has 2 aromatic rings. The summed E-state index contributed by atoms with van der Waals surface area (Å²) in [6.07, 6.45) is 0.330. The smallest absolute Gasteiger partial charge is 0.228 e. The summed E-state index contributed by atoms with van der Waals surface area (Å²) < 4.78 is 1.13. The summed E-state index contributed by atoms with van der Waals surface area (Å²) in [5, 5.41) is 0.925. The lowest BCUT2D eigenvalue weighted by Crippen LogP contribution is -2.34. The Bertz CT molecular complexity index is 679. The second-order valence-electron chi connectivity index (χ2n) is 5.60. The van der Waals surface area contributed by atoms with Crippen LogP contribution in [-0.4, -0.2) is 46.7 Å². The third kappa shape index (κ3) is 2.83. The topological polar surface area (TPSA) is 53.5 Å². The largest absolute Gasteiger partial charge is 0.342 e. The predicted octanol–water partition coefficient (Wildman–Crippen LogP) is 2.12. The molecule has 1 atom stereocenters. The Kier molecular flexibility index (Phi) is 4.11. The number of hydrogen-bond donors (Lipinski definition) is 0. The van der Waals surface area contributed by atoms with Crippen molar-refractivity contribution in [2.45, 2.75) is 19.9 Å². The number of fused-ring (bicyclic) bond motifs is 1. The highest BCUT2D eigenvalue weighted by atomic mass is 32.1. The van der Waals surface area contributed by atoms with Crippen molar-refractivity contribution in [3.8, 4) is 0 Å². The zero-order valence-electron chi connectivity index (χ0n) is 12.8. The van der Waals surface area contributed by atoms with Crippen molar-refractivity contribution in [1.29, 1.82) is 0 Å². The molecule has 1 aromatic carbocycles. The monoisotopic (exact) mass is 317 g/mol. The van der Waals surface area contributed by atoms with Crippen LogP contribution >= 0.6 is 11.3 Å². The van der Waals surface area contributed by atoms with Crippen LogP contribution in [0, 0.1) is 5.92 Å². The quantitative estimate of drug-likeness (QED) is 0.868. The maximum atomic E-state index is 12.5. The molecule has 0 unspecified atom stereocenters. The number of hydrogen-bond acceptors (Lipinski definition) is 4. The molecule has 116 valence electrons. The molecule has 2 amide bonds. The molecule has 5 nitrogen and oxygen atoms in total. The fourth-order valence-electron chi connectivity index (χ4n) is 2.82. The average molecular weight is 317 g/mol. The molecule has 22 heavy (non-hydrogen) atoms. The molecule has 1 aromatic heterocycles. The molecule has 0 N–H and O–H groups in total. The van der Waals surface area contributed by atoms with Gasteiger partial charge in [0.25, 0.3) is 0 Å². The number of nitrogens with zero attached hydrogens (tertiary/aromatic N) is 3. The first-order valence-electron chi connectivity index (χ1n) is 7.45. The highest BCUT2D eigenvalue weighted by molar-refractivity contribution is 7.18. The third-order valence-electron chi connectivity index (χ3n) is 4.03. The molecule has 0 bridgehead atoms. The van der Waals surface area contributed by atoms with E-state index in [-0.39, 0.29) is 17.7 Å². The van der Waals surface area contributed by atoms with E-state index in [4.69, 9.17) is 0 Å². The summed E-state index contributed by atoms with van der Waals surface area (Å²) in [6, 6.07) is 7.96. The lowest BCUT2D eigenvalue weighted by molar-refractivity contribution is -0.135. The number of aromatic nitrogens is 1. The second-order valence-corrected chi connectivity index (χ2v) is 6.72. The number of para-hydroxylation sites is 1. The summed E-state index contributed by atoms with van der Waals surface area (Å²) >= 11 is 1.61. The second kappa shape index (κ2) is 6.04. The molecule has 0 spiro atoms. The number of carbonyl (C=O) groups is 2. The van der Waals surface area contributed by atoms with Gasteiger partial charge in [0.1, 0.15) is 5.01 Å². The third-order valence-corrected chi connectivity index (χ3v) is 5.05. The van der Waals surface area contributed by atoms with Gasteiger partial charge in [-0.05, 0) is 19.1 Å². The molecular formula is C16H19N3O2S. The van der Waals surface area contributed by atoms with Crippen LogP contribution in [0.2, 0.25) is 0 Å². The van der Waals surface area contributed by atoms with Crippen LogP contribution in [0.4, 0.5) is 0 Å². The van der Waals surface area contributed by atoms with Gasteiger partial charge < -0.3 is 9.80 Å². The molecule has 6 heteroatoms. The first-order chi connectivity index (χ1) is 10.6. The van der Waals surface area contributed by atoms with Crippen molar-refractivity contribution in [1.82, 2.24) is 14.8 Å². The van der Waals surface area contributed by atoms with Gasteiger partial charge in [-0.3, -0.25) is 9.59 Å². The Labute approximate surface area is 133 Å². The minimum absolute atomic E-state index is 0.0311. The Hall–Kier alpha value is -1.95. The van der Waals surface area contributed by atoms with Crippen molar-refractivity contribution < 1.29 is 9.59 Å². The van der Waals surface area contributed by atoms with Crippen LogP contribution in [0.25, 0.3) is 10.2 Å².